The fourth-order valence-electron chi connectivity index (χ4n) is 3.06. The molecule has 3 aromatic rings. The summed E-state index contributed by atoms with van der Waals surface area (Å²) in [6.07, 6.45) is 1.97. The second-order valence-corrected chi connectivity index (χ2v) is 6.19. The fourth-order valence-corrected chi connectivity index (χ4v) is 3.06. The summed E-state index contributed by atoms with van der Waals surface area (Å²) in [6.45, 7) is 3.26. The van der Waals surface area contributed by atoms with Crippen molar-refractivity contribution in [2.45, 2.75) is 12.6 Å². The lowest BCUT2D eigenvalue weighted by molar-refractivity contribution is 0.0648. The smallest absolute Gasteiger partial charge is 0.161 e. The second kappa shape index (κ2) is 6.53. The molecule has 1 atom stereocenters. The first-order valence-corrected chi connectivity index (χ1v) is 8.26. The van der Waals surface area contributed by atoms with Gasteiger partial charge in [0.2, 0.25) is 0 Å². The van der Waals surface area contributed by atoms with Crippen LogP contribution in [0.15, 0.2) is 54.9 Å². The minimum absolute atomic E-state index is 0.0597. The molecule has 2 aromatic carbocycles. The van der Waals surface area contributed by atoms with Crippen LogP contribution in [-0.4, -0.2) is 47.3 Å². The molecule has 0 saturated carbocycles. The SMILES string of the molecule is CN(CCn1cnc2ccccc21)CC1COc2ccccc2O1. The van der Waals surface area contributed by atoms with E-state index in [9.17, 15) is 0 Å². The molecule has 0 amide bonds. The third-order valence-corrected chi connectivity index (χ3v) is 4.33. The molecule has 1 unspecified atom stereocenters. The Morgan fingerprint density at radius 3 is 2.83 bits per heavy atom. The molecule has 24 heavy (non-hydrogen) atoms. The number of para-hydroxylation sites is 4. The Balaban J connectivity index is 1.33. The Hall–Kier alpha value is -2.53. The zero-order chi connectivity index (χ0) is 16.4. The van der Waals surface area contributed by atoms with Crippen LogP contribution in [-0.2, 0) is 6.54 Å². The molecule has 0 radical (unpaired) electrons. The number of rotatable bonds is 5. The molecule has 0 N–H and O–H groups in total. The first-order valence-electron chi connectivity index (χ1n) is 8.26. The molecule has 124 valence electrons. The lowest BCUT2D eigenvalue weighted by Gasteiger charge is -2.29. The Bertz CT molecular complexity index is 830. The van der Waals surface area contributed by atoms with Crippen molar-refractivity contribution in [3.05, 3.63) is 54.9 Å². The van der Waals surface area contributed by atoms with Gasteiger partial charge in [0.15, 0.2) is 11.5 Å². The summed E-state index contributed by atoms with van der Waals surface area (Å²) in [4.78, 5) is 6.71. The van der Waals surface area contributed by atoms with Crippen molar-refractivity contribution in [2.75, 3.05) is 26.7 Å². The molecule has 1 aromatic heterocycles. The van der Waals surface area contributed by atoms with Gasteiger partial charge in [-0.2, -0.15) is 0 Å². The van der Waals surface area contributed by atoms with Crippen molar-refractivity contribution in [1.82, 2.24) is 14.5 Å². The average Bonchev–Trinajstić information content (AvgIpc) is 3.03. The van der Waals surface area contributed by atoms with Crippen LogP contribution in [0.25, 0.3) is 11.0 Å². The van der Waals surface area contributed by atoms with Gasteiger partial charge in [0.05, 0.1) is 17.4 Å². The Labute approximate surface area is 141 Å². The minimum Gasteiger partial charge on any atom is -0.486 e. The first-order chi connectivity index (χ1) is 11.8. The summed E-state index contributed by atoms with van der Waals surface area (Å²) in [5.74, 6) is 1.67. The van der Waals surface area contributed by atoms with Gasteiger partial charge in [-0.25, -0.2) is 4.98 Å². The molecule has 1 aliphatic rings. The van der Waals surface area contributed by atoms with Gasteiger partial charge in [-0.05, 0) is 31.3 Å². The van der Waals surface area contributed by atoms with Crippen molar-refractivity contribution in [3.63, 3.8) is 0 Å². The molecule has 1 aliphatic heterocycles. The monoisotopic (exact) mass is 323 g/mol. The summed E-state index contributed by atoms with van der Waals surface area (Å²) in [5, 5.41) is 0. The van der Waals surface area contributed by atoms with E-state index in [-0.39, 0.29) is 6.10 Å². The molecule has 0 fully saturated rings. The standard InChI is InChI=1S/C19H21N3O2/c1-21(10-11-22-14-20-16-6-2-3-7-17(16)22)12-15-13-23-18-8-4-5-9-19(18)24-15/h2-9,14-15H,10-13H2,1H3. The molecule has 2 heterocycles. The average molecular weight is 323 g/mol. The highest BCUT2D eigenvalue weighted by Crippen LogP contribution is 2.30. The molecular formula is C19H21N3O2. The summed E-state index contributed by atoms with van der Waals surface area (Å²) >= 11 is 0. The van der Waals surface area contributed by atoms with Crippen LogP contribution in [0, 0.1) is 0 Å². The minimum atomic E-state index is 0.0597. The van der Waals surface area contributed by atoms with Crippen molar-refractivity contribution in [1.29, 1.82) is 0 Å². The number of benzene rings is 2. The van der Waals surface area contributed by atoms with E-state index in [2.05, 4.69) is 33.6 Å². The predicted octanol–water partition coefficient (Wildman–Crippen LogP) is 2.81. The number of fused-ring (bicyclic) bond motifs is 2. The van der Waals surface area contributed by atoms with Gasteiger partial charge >= 0.3 is 0 Å². The van der Waals surface area contributed by atoms with Gasteiger partial charge in [0.1, 0.15) is 12.7 Å². The molecular weight excluding hydrogens is 302 g/mol. The Kier molecular flexibility index (Phi) is 4.09. The number of likely N-dealkylation sites (N-methyl/N-ethyl adjacent to an activating group) is 1. The van der Waals surface area contributed by atoms with Gasteiger partial charge in [0.25, 0.3) is 0 Å². The van der Waals surface area contributed by atoms with Crippen molar-refractivity contribution in [3.8, 4) is 11.5 Å². The Morgan fingerprint density at radius 1 is 1.12 bits per heavy atom. The molecule has 5 nitrogen and oxygen atoms in total. The fraction of sp³-hybridized carbons (Fsp3) is 0.316. The second-order valence-electron chi connectivity index (χ2n) is 6.19. The van der Waals surface area contributed by atoms with E-state index in [0.717, 1.165) is 36.6 Å². The lowest BCUT2D eigenvalue weighted by Crippen LogP contribution is -2.40. The maximum atomic E-state index is 6.02. The summed E-state index contributed by atoms with van der Waals surface area (Å²) in [6, 6.07) is 16.1. The third-order valence-electron chi connectivity index (χ3n) is 4.33. The van der Waals surface area contributed by atoms with Crippen LogP contribution in [0.1, 0.15) is 0 Å². The van der Waals surface area contributed by atoms with E-state index in [1.165, 1.54) is 5.52 Å². The van der Waals surface area contributed by atoms with E-state index in [0.29, 0.717) is 6.61 Å². The van der Waals surface area contributed by atoms with Gasteiger partial charge in [-0.3, -0.25) is 0 Å². The van der Waals surface area contributed by atoms with Crippen LogP contribution < -0.4 is 9.47 Å². The molecule has 0 aliphatic carbocycles. The number of nitrogens with zero attached hydrogens (tertiary/aromatic N) is 3. The molecule has 0 bridgehead atoms. The highest BCUT2D eigenvalue weighted by atomic mass is 16.6. The van der Waals surface area contributed by atoms with Crippen LogP contribution in [0.5, 0.6) is 11.5 Å². The van der Waals surface area contributed by atoms with Crippen LogP contribution in [0.3, 0.4) is 0 Å². The maximum absolute atomic E-state index is 6.02. The topological polar surface area (TPSA) is 39.5 Å². The van der Waals surface area contributed by atoms with Crippen molar-refractivity contribution in [2.24, 2.45) is 0 Å². The maximum Gasteiger partial charge on any atom is 0.161 e. The largest absolute Gasteiger partial charge is 0.486 e. The van der Waals surface area contributed by atoms with E-state index in [1.54, 1.807) is 0 Å². The van der Waals surface area contributed by atoms with E-state index >= 15 is 0 Å². The quantitative estimate of drug-likeness (QED) is 0.724. The van der Waals surface area contributed by atoms with Crippen LogP contribution >= 0.6 is 0 Å². The van der Waals surface area contributed by atoms with Crippen LogP contribution in [0.4, 0.5) is 0 Å². The van der Waals surface area contributed by atoms with E-state index in [4.69, 9.17) is 9.47 Å². The zero-order valence-corrected chi connectivity index (χ0v) is 13.8. The van der Waals surface area contributed by atoms with Gasteiger partial charge in [0, 0.05) is 19.6 Å². The zero-order valence-electron chi connectivity index (χ0n) is 13.8. The van der Waals surface area contributed by atoms with Gasteiger partial charge in [-0.15, -0.1) is 0 Å². The van der Waals surface area contributed by atoms with Gasteiger partial charge < -0.3 is 18.9 Å². The number of aromatic nitrogens is 2. The van der Waals surface area contributed by atoms with Gasteiger partial charge in [-0.1, -0.05) is 24.3 Å². The van der Waals surface area contributed by atoms with E-state index < -0.39 is 0 Å². The highest BCUT2D eigenvalue weighted by molar-refractivity contribution is 5.74. The number of hydrogen-bond donors (Lipinski definition) is 0. The Morgan fingerprint density at radius 2 is 1.92 bits per heavy atom. The normalized spacial score (nSPS) is 16.7. The summed E-state index contributed by atoms with van der Waals surface area (Å²) in [7, 11) is 2.11. The number of hydrogen-bond acceptors (Lipinski definition) is 4. The summed E-state index contributed by atoms with van der Waals surface area (Å²) in [5.41, 5.74) is 2.22. The van der Waals surface area contributed by atoms with E-state index in [1.807, 2.05) is 42.7 Å². The number of ether oxygens (including phenoxy) is 2. The van der Waals surface area contributed by atoms with Crippen molar-refractivity contribution < 1.29 is 9.47 Å². The lowest BCUT2D eigenvalue weighted by atomic mass is 10.2. The predicted molar refractivity (Wildman–Crippen MR) is 93.6 cm³/mol. The third kappa shape index (κ3) is 3.08. The molecule has 0 saturated heterocycles. The summed E-state index contributed by atoms with van der Waals surface area (Å²) < 4.78 is 14.0. The first kappa shape index (κ1) is 15.0. The molecule has 4 rings (SSSR count). The van der Waals surface area contributed by atoms with Crippen LogP contribution in [0.2, 0.25) is 0 Å². The highest BCUT2D eigenvalue weighted by Gasteiger charge is 2.21. The van der Waals surface area contributed by atoms with Crippen molar-refractivity contribution >= 4 is 11.0 Å². The molecule has 5 heteroatoms. The molecule has 0 spiro atoms. The number of imidazole rings is 1.